The van der Waals surface area contributed by atoms with Crippen LogP contribution in [0.5, 0.6) is 0 Å². The first-order valence-corrected chi connectivity index (χ1v) is 4.44. The van der Waals surface area contributed by atoms with E-state index in [1.165, 1.54) is 0 Å². The summed E-state index contributed by atoms with van der Waals surface area (Å²) in [6.45, 7) is 0. The lowest BCUT2D eigenvalue weighted by molar-refractivity contribution is 0.486. The second kappa shape index (κ2) is 3.25. The van der Waals surface area contributed by atoms with Crippen molar-refractivity contribution in [2.45, 2.75) is 0 Å². The van der Waals surface area contributed by atoms with Crippen LogP contribution >= 0.6 is 23.2 Å². The summed E-state index contributed by atoms with van der Waals surface area (Å²) in [5.74, 6) is 0. The highest BCUT2D eigenvalue weighted by molar-refractivity contribution is 6.42. The molecule has 1 nitrogen and oxygen atoms in total. The maximum Gasteiger partial charge on any atom is 0.133 e. The molecule has 0 N–H and O–H groups in total. The van der Waals surface area contributed by atoms with Crippen molar-refractivity contribution >= 4 is 28.9 Å². The Morgan fingerprint density at radius 1 is 1.00 bits per heavy atom. The van der Waals surface area contributed by atoms with Gasteiger partial charge in [-0.1, -0.05) is 23.2 Å². The predicted molar refractivity (Wildman–Crippen MR) is 56.0 cm³/mol. The SMILES string of the molecule is C[N+](C)(C)c1ccc(Cl)c(Cl)c1. The van der Waals surface area contributed by atoms with E-state index in [1.54, 1.807) is 0 Å². The molecule has 1 aromatic rings. The third kappa shape index (κ3) is 2.13. The van der Waals surface area contributed by atoms with Gasteiger partial charge in [0.15, 0.2) is 0 Å². The molecule has 0 aliphatic rings. The average molecular weight is 205 g/mol. The van der Waals surface area contributed by atoms with E-state index in [-0.39, 0.29) is 0 Å². The van der Waals surface area contributed by atoms with Gasteiger partial charge in [0.05, 0.1) is 31.2 Å². The van der Waals surface area contributed by atoms with Crippen LogP contribution < -0.4 is 4.48 Å². The van der Waals surface area contributed by atoms with Gasteiger partial charge in [-0.3, -0.25) is 4.48 Å². The Hall–Kier alpha value is -0.240. The van der Waals surface area contributed by atoms with Crippen molar-refractivity contribution in [1.29, 1.82) is 0 Å². The predicted octanol–water partition coefficient (Wildman–Crippen LogP) is 3.19. The topological polar surface area (TPSA) is 0 Å². The van der Waals surface area contributed by atoms with Crippen molar-refractivity contribution in [3.8, 4) is 0 Å². The van der Waals surface area contributed by atoms with Crippen LogP contribution in [0, 0.1) is 0 Å². The van der Waals surface area contributed by atoms with Crippen LogP contribution in [-0.2, 0) is 0 Å². The number of nitrogens with zero attached hydrogens (tertiary/aromatic N) is 1. The number of halogens is 2. The largest absolute Gasteiger partial charge is 0.298 e. The number of benzene rings is 1. The molecule has 0 atom stereocenters. The summed E-state index contributed by atoms with van der Waals surface area (Å²) in [7, 11) is 6.25. The Balaban J connectivity index is 3.14. The van der Waals surface area contributed by atoms with Gasteiger partial charge in [-0.05, 0) is 6.07 Å². The Labute approximate surface area is 83.1 Å². The van der Waals surface area contributed by atoms with E-state index in [0.29, 0.717) is 10.0 Å². The molecule has 66 valence electrons. The molecule has 0 heterocycles. The van der Waals surface area contributed by atoms with Crippen molar-refractivity contribution in [1.82, 2.24) is 4.48 Å². The molecule has 0 bridgehead atoms. The molecule has 0 radical (unpaired) electrons. The van der Waals surface area contributed by atoms with Gasteiger partial charge in [-0.25, -0.2) is 0 Å². The van der Waals surface area contributed by atoms with Crippen molar-refractivity contribution in [3.05, 3.63) is 28.2 Å². The quantitative estimate of drug-likeness (QED) is 0.617. The van der Waals surface area contributed by atoms with Crippen LogP contribution in [0.1, 0.15) is 0 Å². The van der Waals surface area contributed by atoms with Crippen LogP contribution in [0.25, 0.3) is 0 Å². The van der Waals surface area contributed by atoms with Gasteiger partial charge in [0.1, 0.15) is 5.69 Å². The monoisotopic (exact) mass is 204 g/mol. The highest BCUT2D eigenvalue weighted by atomic mass is 35.5. The van der Waals surface area contributed by atoms with Gasteiger partial charge < -0.3 is 0 Å². The summed E-state index contributed by atoms with van der Waals surface area (Å²) < 4.78 is 0.747. The molecule has 0 aliphatic heterocycles. The lowest BCUT2D eigenvalue weighted by Gasteiger charge is -2.23. The molecule has 0 saturated carbocycles. The molecule has 0 unspecified atom stereocenters. The van der Waals surface area contributed by atoms with Crippen LogP contribution in [0.3, 0.4) is 0 Å². The van der Waals surface area contributed by atoms with Gasteiger partial charge in [-0.15, -0.1) is 0 Å². The first kappa shape index (κ1) is 9.85. The van der Waals surface area contributed by atoms with E-state index in [9.17, 15) is 0 Å². The summed E-state index contributed by atoms with van der Waals surface area (Å²) >= 11 is 11.7. The third-order valence-corrected chi connectivity index (χ3v) is 2.42. The lowest BCUT2D eigenvalue weighted by atomic mass is 10.3. The maximum absolute atomic E-state index is 5.88. The minimum absolute atomic E-state index is 0.605. The zero-order valence-electron chi connectivity index (χ0n) is 7.44. The van der Waals surface area contributed by atoms with Crippen molar-refractivity contribution in [2.75, 3.05) is 21.1 Å². The molecule has 1 rings (SSSR count). The molecule has 3 heteroatoms. The van der Waals surface area contributed by atoms with E-state index in [4.69, 9.17) is 23.2 Å². The van der Waals surface area contributed by atoms with Crippen molar-refractivity contribution < 1.29 is 0 Å². The van der Waals surface area contributed by atoms with Crippen LogP contribution in [0.4, 0.5) is 5.69 Å². The van der Waals surface area contributed by atoms with Gasteiger partial charge >= 0.3 is 0 Å². The Morgan fingerprint density at radius 3 is 2.00 bits per heavy atom. The molecule has 0 fully saturated rings. The number of hydrogen-bond acceptors (Lipinski definition) is 0. The summed E-state index contributed by atoms with van der Waals surface area (Å²) in [6.07, 6.45) is 0. The Morgan fingerprint density at radius 2 is 1.58 bits per heavy atom. The number of quaternary nitrogens is 1. The van der Waals surface area contributed by atoms with Crippen LogP contribution in [0.2, 0.25) is 10.0 Å². The minimum atomic E-state index is 0.605. The second-order valence-corrected chi connectivity index (χ2v) is 4.43. The third-order valence-electron chi connectivity index (χ3n) is 1.68. The maximum atomic E-state index is 5.88. The smallest absolute Gasteiger partial charge is 0.133 e. The molecule has 0 saturated heterocycles. The van der Waals surface area contributed by atoms with Crippen LogP contribution in [-0.4, -0.2) is 21.1 Å². The Bertz CT molecular complexity index is 289. The van der Waals surface area contributed by atoms with E-state index in [2.05, 4.69) is 21.1 Å². The van der Waals surface area contributed by atoms with Gasteiger partial charge in [-0.2, -0.15) is 0 Å². The highest BCUT2D eigenvalue weighted by Crippen LogP contribution is 2.27. The fraction of sp³-hybridized carbons (Fsp3) is 0.333. The highest BCUT2D eigenvalue weighted by Gasteiger charge is 2.12. The van der Waals surface area contributed by atoms with Gasteiger partial charge in [0.2, 0.25) is 0 Å². The molecule has 0 spiro atoms. The standard InChI is InChI=1S/C9H12Cl2N/c1-12(2,3)7-4-5-8(10)9(11)6-7/h4-6H,1-3H3/q+1. The van der Waals surface area contributed by atoms with Crippen LogP contribution in [0.15, 0.2) is 18.2 Å². The summed E-state index contributed by atoms with van der Waals surface area (Å²) in [6, 6.07) is 5.70. The zero-order valence-corrected chi connectivity index (χ0v) is 8.95. The number of hydrogen-bond donors (Lipinski definition) is 0. The molecule has 0 aromatic heterocycles. The lowest BCUT2D eigenvalue weighted by Crippen LogP contribution is -2.34. The van der Waals surface area contributed by atoms with Crippen molar-refractivity contribution in [3.63, 3.8) is 0 Å². The number of rotatable bonds is 1. The molecular weight excluding hydrogens is 193 g/mol. The van der Waals surface area contributed by atoms with Gasteiger partial charge in [0.25, 0.3) is 0 Å². The molecular formula is C9H12Cl2N+. The second-order valence-electron chi connectivity index (χ2n) is 3.61. The fourth-order valence-electron chi connectivity index (χ4n) is 0.902. The fourth-order valence-corrected chi connectivity index (χ4v) is 1.19. The molecule has 0 aliphatic carbocycles. The molecule has 12 heavy (non-hydrogen) atoms. The van der Waals surface area contributed by atoms with E-state index < -0.39 is 0 Å². The van der Waals surface area contributed by atoms with Gasteiger partial charge in [0, 0.05) is 12.1 Å². The van der Waals surface area contributed by atoms with E-state index >= 15 is 0 Å². The minimum Gasteiger partial charge on any atom is -0.298 e. The average Bonchev–Trinajstić information content (AvgIpc) is 1.92. The van der Waals surface area contributed by atoms with E-state index in [1.807, 2.05) is 18.2 Å². The van der Waals surface area contributed by atoms with Crippen molar-refractivity contribution in [2.24, 2.45) is 0 Å². The normalized spacial score (nSPS) is 11.8. The summed E-state index contributed by atoms with van der Waals surface area (Å²) in [5.41, 5.74) is 1.14. The molecule has 1 aromatic carbocycles. The zero-order chi connectivity index (χ0) is 9.35. The Kier molecular flexibility index (Phi) is 2.67. The summed E-state index contributed by atoms with van der Waals surface area (Å²) in [4.78, 5) is 0. The first-order chi connectivity index (χ1) is 5.41. The molecule has 0 amide bonds. The summed E-state index contributed by atoms with van der Waals surface area (Å²) in [5, 5.41) is 1.22. The first-order valence-electron chi connectivity index (χ1n) is 3.68. The van der Waals surface area contributed by atoms with E-state index in [0.717, 1.165) is 10.2 Å².